The summed E-state index contributed by atoms with van der Waals surface area (Å²) in [5, 5.41) is 0. The molecule has 0 heterocycles. The number of amides is 1. The molecule has 98 valence electrons. The van der Waals surface area contributed by atoms with E-state index in [1.807, 2.05) is 24.3 Å². The third-order valence-corrected chi connectivity index (χ3v) is 2.69. The number of ether oxygens (including phenoxy) is 1. The number of hydrogen-bond donors (Lipinski definition) is 1. The highest BCUT2D eigenvalue weighted by molar-refractivity contribution is 5.81. The highest BCUT2D eigenvalue weighted by atomic mass is 16.5. The third kappa shape index (κ3) is 3.89. The van der Waals surface area contributed by atoms with E-state index in [4.69, 9.17) is 10.5 Å². The largest absolute Gasteiger partial charge is 0.497 e. The Labute approximate surface area is 108 Å². The minimum absolute atomic E-state index is 0.0780. The van der Waals surface area contributed by atoms with Crippen LogP contribution in [-0.4, -0.2) is 31.0 Å². The highest BCUT2D eigenvalue weighted by Gasteiger charge is 2.16. The molecule has 1 aromatic rings. The second-order valence-corrected chi connectivity index (χ2v) is 4.17. The summed E-state index contributed by atoms with van der Waals surface area (Å²) in [4.78, 5) is 13.5. The molecule has 1 amide bonds. The van der Waals surface area contributed by atoms with Gasteiger partial charge in [-0.25, -0.2) is 0 Å². The zero-order valence-corrected chi connectivity index (χ0v) is 10.9. The highest BCUT2D eigenvalue weighted by Crippen LogP contribution is 2.12. The summed E-state index contributed by atoms with van der Waals surface area (Å²) < 4.78 is 5.08. The maximum Gasteiger partial charge on any atom is 0.239 e. The Balaban J connectivity index is 2.60. The lowest BCUT2D eigenvalue weighted by Gasteiger charge is -2.20. The normalized spacial score (nSPS) is 11.7. The fourth-order valence-electron chi connectivity index (χ4n) is 1.65. The summed E-state index contributed by atoms with van der Waals surface area (Å²) in [6, 6.07) is 7.10. The van der Waals surface area contributed by atoms with E-state index in [2.05, 4.69) is 6.58 Å². The number of nitrogens with two attached hydrogens (primary N) is 1. The summed E-state index contributed by atoms with van der Waals surface area (Å²) >= 11 is 0. The van der Waals surface area contributed by atoms with Gasteiger partial charge < -0.3 is 15.4 Å². The summed E-state index contributed by atoms with van der Waals surface area (Å²) in [5.74, 6) is 0.724. The van der Waals surface area contributed by atoms with Crippen molar-refractivity contribution in [1.82, 2.24) is 4.90 Å². The first-order chi connectivity index (χ1) is 8.58. The van der Waals surface area contributed by atoms with Crippen LogP contribution in [0.5, 0.6) is 5.75 Å². The zero-order valence-electron chi connectivity index (χ0n) is 10.9. The van der Waals surface area contributed by atoms with E-state index in [1.165, 1.54) is 0 Å². The van der Waals surface area contributed by atoms with Crippen molar-refractivity contribution in [3.05, 3.63) is 42.5 Å². The van der Waals surface area contributed by atoms with Crippen molar-refractivity contribution in [2.75, 3.05) is 14.2 Å². The molecular weight excluding hydrogens is 228 g/mol. The van der Waals surface area contributed by atoms with Crippen molar-refractivity contribution in [3.8, 4) is 5.75 Å². The van der Waals surface area contributed by atoms with Crippen LogP contribution < -0.4 is 10.5 Å². The van der Waals surface area contributed by atoms with Crippen LogP contribution in [0, 0.1) is 0 Å². The molecule has 0 bridgehead atoms. The molecule has 0 radical (unpaired) electrons. The summed E-state index contributed by atoms with van der Waals surface area (Å²) in [6.07, 6.45) is 2.15. The van der Waals surface area contributed by atoms with Crippen LogP contribution in [0.3, 0.4) is 0 Å². The van der Waals surface area contributed by atoms with Gasteiger partial charge in [-0.05, 0) is 24.1 Å². The molecule has 2 N–H and O–H groups in total. The first-order valence-corrected chi connectivity index (χ1v) is 5.83. The van der Waals surface area contributed by atoms with Crippen molar-refractivity contribution < 1.29 is 9.53 Å². The predicted octanol–water partition coefficient (Wildman–Crippen LogP) is 1.56. The Bertz CT molecular complexity index is 401. The summed E-state index contributed by atoms with van der Waals surface area (Å²) in [7, 11) is 3.37. The number of nitrogens with zero attached hydrogens (tertiary/aromatic N) is 1. The molecule has 4 nitrogen and oxygen atoms in total. The standard InChI is InChI=1S/C14H20N2O2/c1-4-5-13(15)14(17)16(2)10-11-6-8-12(18-3)9-7-11/h4,6-9,13H,1,5,10,15H2,2-3H3. The molecule has 1 rings (SSSR count). The quantitative estimate of drug-likeness (QED) is 0.777. The van der Waals surface area contributed by atoms with Gasteiger partial charge in [-0.3, -0.25) is 4.79 Å². The lowest BCUT2D eigenvalue weighted by Crippen LogP contribution is -2.41. The van der Waals surface area contributed by atoms with Gasteiger partial charge in [0.1, 0.15) is 5.75 Å². The lowest BCUT2D eigenvalue weighted by molar-refractivity contribution is -0.131. The van der Waals surface area contributed by atoms with Crippen LogP contribution >= 0.6 is 0 Å². The molecule has 1 atom stereocenters. The van der Waals surface area contributed by atoms with Crippen molar-refractivity contribution >= 4 is 5.91 Å². The second kappa shape index (κ2) is 6.81. The molecule has 1 aromatic carbocycles. The van der Waals surface area contributed by atoms with E-state index in [1.54, 1.807) is 25.1 Å². The third-order valence-electron chi connectivity index (χ3n) is 2.69. The molecular formula is C14H20N2O2. The maximum atomic E-state index is 11.9. The molecule has 0 aliphatic carbocycles. The Morgan fingerprint density at radius 2 is 2.11 bits per heavy atom. The molecule has 4 heteroatoms. The zero-order chi connectivity index (χ0) is 13.5. The van der Waals surface area contributed by atoms with Gasteiger partial charge in [0.15, 0.2) is 0 Å². The van der Waals surface area contributed by atoms with Crippen LogP contribution in [0.15, 0.2) is 36.9 Å². The number of methoxy groups -OCH3 is 1. The van der Waals surface area contributed by atoms with Crippen molar-refractivity contribution in [1.29, 1.82) is 0 Å². The van der Waals surface area contributed by atoms with Crippen LogP contribution in [0.2, 0.25) is 0 Å². The molecule has 1 unspecified atom stereocenters. The Morgan fingerprint density at radius 1 is 1.50 bits per heavy atom. The van der Waals surface area contributed by atoms with Crippen LogP contribution in [0.4, 0.5) is 0 Å². The second-order valence-electron chi connectivity index (χ2n) is 4.17. The van der Waals surface area contributed by atoms with Gasteiger partial charge in [-0.15, -0.1) is 6.58 Å². The smallest absolute Gasteiger partial charge is 0.239 e. The number of benzene rings is 1. The van der Waals surface area contributed by atoms with Gasteiger partial charge in [0.05, 0.1) is 13.2 Å². The number of likely N-dealkylation sites (N-methyl/N-ethyl adjacent to an activating group) is 1. The van der Waals surface area contributed by atoms with E-state index >= 15 is 0 Å². The summed E-state index contributed by atoms with van der Waals surface area (Å²) in [6.45, 7) is 4.12. The van der Waals surface area contributed by atoms with Crippen molar-refractivity contribution in [3.63, 3.8) is 0 Å². The van der Waals surface area contributed by atoms with Crippen LogP contribution in [0.25, 0.3) is 0 Å². The van der Waals surface area contributed by atoms with Crippen molar-refractivity contribution in [2.24, 2.45) is 5.73 Å². The van der Waals surface area contributed by atoms with Gasteiger partial charge in [0.2, 0.25) is 5.91 Å². The van der Waals surface area contributed by atoms with Gasteiger partial charge in [-0.1, -0.05) is 18.2 Å². The van der Waals surface area contributed by atoms with Crippen LogP contribution in [0.1, 0.15) is 12.0 Å². The monoisotopic (exact) mass is 248 g/mol. The Kier molecular flexibility index (Phi) is 5.39. The molecule has 0 saturated heterocycles. The van der Waals surface area contributed by atoms with Crippen molar-refractivity contribution in [2.45, 2.75) is 19.0 Å². The van der Waals surface area contributed by atoms with E-state index < -0.39 is 6.04 Å². The molecule has 0 aliphatic rings. The minimum Gasteiger partial charge on any atom is -0.497 e. The maximum absolute atomic E-state index is 11.9. The average molecular weight is 248 g/mol. The summed E-state index contributed by atoms with van der Waals surface area (Å²) in [5.41, 5.74) is 6.78. The fraction of sp³-hybridized carbons (Fsp3) is 0.357. The topological polar surface area (TPSA) is 55.6 Å². The van der Waals surface area contributed by atoms with E-state index in [0.29, 0.717) is 13.0 Å². The lowest BCUT2D eigenvalue weighted by atomic mass is 10.1. The van der Waals surface area contributed by atoms with Gasteiger partial charge in [-0.2, -0.15) is 0 Å². The molecule has 18 heavy (non-hydrogen) atoms. The number of hydrogen-bond acceptors (Lipinski definition) is 3. The first kappa shape index (κ1) is 14.3. The van der Waals surface area contributed by atoms with Gasteiger partial charge in [0.25, 0.3) is 0 Å². The molecule has 0 saturated carbocycles. The average Bonchev–Trinajstić information content (AvgIpc) is 2.39. The molecule has 0 aromatic heterocycles. The molecule has 0 spiro atoms. The predicted molar refractivity (Wildman–Crippen MR) is 72.3 cm³/mol. The van der Waals surface area contributed by atoms with Gasteiger partial charge >= 0.3 is 0 Å². The number of rotatable bonds is 6. The SMILES string of the molecule is C=CCC(N)C(=O)N(C)Cc1ccc(OC)cc1. The van der Waals surface area contributed by atoms with E-state index in [-0.39, 0.29) is 5.91 Å². The fourth-order valence-corrected chi connectivity index (χ4v) is 1.65. The minimum atomic E-state index is -0.509. The number of carbonyl (C=O) groups excluding carboxylic acids is 1. The number of carbonyl (C=O) groups is 1. The van der Waals surface area contributed by atoms with E-state index in [9.17, 15) is 4.79 Å². The Morgan fingerprint density at radius 3 is 2.61 bits per heavy atom. The first-order valence-electron chi connectivity index (χ1n) is 5.83. The van der Waals surface area contributed by atoms with Crippen LogP contribution in [-0.2, 0) is 11.3 Å². The Hall–Kier alpha value is -1.81. The van der Waals surface area contributed by atoms with Gasteiger partial charge in [0, 0.05) is 13.6 Å². The molecule has 0 aliphatic heterocycles. The van der Waals surface area contributed by atoms with E-state index in [0.717, 1.165) is 11.3 Å². The molecule has 0 fully saturated rings.